The molecule has 2 rings (SSSR count). The van der Waals surface area contributed by atoms with Gasteiger partial charge in [0.15, 0.2) is 10.2 Å². The first-order valence-corrected chi connectivity index (χ1v) is 8.98. The van der Waals surface area contributed by atoms with Gasteiger partial charge in [0, 0.05) is 12.8 Å². The van der Waals surface area contributed by atoms with Crippen LogP contribution in [0.4, 0.5) is 0 Å². The average Bonchev–Trinajstić information content (AvgIpc) is 3.10. The number of rotatable bonds is 10. The number of hydrogen-bond donors (Lipinski definition) is 0. The Balaban J connectivity index is 1.81. The minimum atomic E-state index is 0.927. The van der Waals surface area contributed by atoms with Gasteiger partial charge in [-0.3, -0.25) is 0 Å². The van der Waals surface area contributed by atoms with Crippen molar-refractivity contribution in [2.75, 3.05) is 0 Å². The molecule has 0 saturated heterocycles. The minimum Gasteiger partial charge on any atom is -0.454 e. The predicted molar refractivity (Wildman–Crippen MR) is 88.0 cm³/mol. The molecule has 0 radical (unpaired) electrons. The zero-order chi connectivity index (χ0) is 14.9. The number of furan rings is 2. The van der Waals surface area contributed by atoms with Crippen molar-refractivity contribution in [3.05, 3.63) is 35.8 Å². The van der Waals surface area contributed by atoms with Gasteiger partial charge in [0.1, 0.15) is 11.5 Å². The zero-order valence-corrected chi connectivity index (χ0v) is 14.0. The molecule has 21 heavy (non-hydrogen) atoms. The van der Waals surface area contributed by atoms with E-state index in [9.17, 15) is 0 Å². The summed E-state index contributed by atoms with van der Waals surface area (Å²) >= 11 is 1.57. The SMILES string of the molecule is CCCCCc1ccc(Sc2ccc(CCCCC)o2)o1. The largest absolute Gasteiger partial charge is 0.454 e. The summed E-state index contributed by atoms with van der Waals surface area (Å²) in [6.07, 6.45) is 9.51. The Labute approximate surface area is 132 Å². The van der Waals surface area contributed by atoms with Crippen molar-refractivity contribution in [2.45, 2.75) is 75.4 Å². The summed E-state index contributed by atoms with van der Waals surface area (Å²) in [4.78, 5) is 0. The normalized spacial score (nSPS) is 11.1. The van der Waals surface area contributed by atoms with E-state index in [4.69, 9.17) is 8.83 Å². The lowest BCUT2D eigenvalue weighted by molar-refractivity contribution is 0.409. The molecule has 0 aliphatic rings. The van der Waals surface area contributed by atoms with Crippen molar-refractivity contribution in [1.29, 1.82) is 0 Å². The topological polar surface area (TPSA) is 26.3 Å². The van der Waals surface area contributed by atoms with Crippen molar-refractivity contribution < 1.29 is 8.83 Å². The van der Waals surface area contributed by atoms with E-state index in [1.165, 1.54) is 38.5 Å². The van der Waals surface area contributed by atoms with E-state index in [1.807, 2.05) is 12.1 Å². The molecule has 0 aliphatic carbocycles. The molecule has 0 atom stereocenters. The van der Waals surface area contributed by atoms with Gasteiger partial charge >= 0.3 is 0 Å². The Bertz CT molecular complexity index is 467. The Morgan fingerprint density at radius 2 is 1.19 bits per heavy atom. The highest BCUT2D eigenvalue weighted by atomic mass is 32.2. The summed E-state index contributed by atoms with van der Waals surface area (Å²) in [7, 11) is 0. The van der Waals surface area contributed by atoms with Crippen LogP contribution in [-0.2, 0) is 12.8 Å². The van der Waals surface area contributed by atoms with Gasteiger partial charge in [0.2, 0.25) is 0 Å². The maximum Gasteiger partial charge on any atom is 0.168 e. The Kier molecular flexibility index (Phi) is 7.01. The van der Waals surface area contributed by atoms with E-state index in [0.717, 1.165) is 34.5 Å². The average molecular weight is 306 g/mol. The Morgan fingerprint density at radius 1 is 0.714 bits per heavy atom. The third-order valence-electron chi connectivity index (χ3n) is 3.53. The maximum atomic E-state index is 5.84. The summed E-state index contributed by atoms with van der Waals surface area (Å²) in [5.74, 6) is 2.17. The van der Waals surface area contributed by atoms with Crippen molar-refractivity contribution in [3.8, 4) is 0 Å². The summed E-state index contributed by atoms with van der Waals surface area (Å²) in [5.41, 5.74) is 0. The number of hydrogen-bond acceptors (Lipinski definition) is 3. The van der Waals surface area contributed by atoms with Crippen LogP contribution in [-0.4, -0.2) is 0 Å². The predicted octanol–water partition coefficient (Wildman–Crippen LogP) is 6.49. The highest BCUT2D eigenvalue weighted by molar-refractivity contribution is 7.99. The first kappa shape index (κ1) is 16.3. The van der Waals surface area contributed by atoms with Gasteiger partial charge in [0.05, 0.1) is 0 Å². The molecule has 2 aromatic heterocycles. The smallest absolute Gasteiger partial charge is 0.168 e. The molecule has 0 amide bonds. The van der Waals surface area contributed by atoms with E-state index >= 15 is 0 Å². The zero-order valence-electron chi connectivity index (χ0n) is 13.2. The summed E-state index contributed by atoms with van der Waals surface area (Å²) < 4.78 is 11.7. The molecule has 2 aromatic rings. The van der Waals surface area contributed by atoms with E-state index < -0.39 is 0 Å². The standard InChI is InChI=1S/C18H26O2S/c1-3-5-7-9-15-11-13-17(19-15)21-18-14-12-16(20-18)10-8-6-4-2/h11-14H,3-10H2,1-2H3. The molecule has 2 nitrogen and oxygen atoms in total. The number of unbranched alkanes of at least 4 members (excludes halogenated alkanes) is 4. The molecule has 0 saturated carbocycles. The molecule has 2 heterocycles. The van der Waals surface area contributed by atoms with E-state index in [-0.39, 0.29) is 0 Å². The monoisotopic (exact) mass is 306 g/mol. The van der Waals surface area contributed by atoms with E-state index in [2.05, 4.69) is 26.0 Å². The summed E-state index contributed by atoms with van der Waals surface area (Å²) in [6, 6.07) is 8.27. The first-order chi connectivity index (χ1) is 10.3. The van der Waals surface area contributed by atoms with Crippen molar-refractivity contribution in [2.24, 2.45) is 0 Å². The highest BCUT2D eigenvalue weighted by Crippen LogP contribution is 2.31. The quantitative estimate of drug-likeness (QED) is 0.469. The molecule has 0 fully saturated rings. The molecule has 0 N–H and O–H groups in total. The first-order valence-electron chi connectivity index (χ1n) is 8.17. The van der Waals surface area contributed by atoms with Crippen LogP contribution >= 0.6 is 11.8 Å². The molecule has 0 bridgehead atoms. The van der Waals surface area contributed by atoms with Gasteiger partial charge < -0.3 is 8.83 Å². The van der Waals surface area contributed by atoms with Crippen molar-refractivity contribution in [1.82, 2.24) is 0 Å². The lowest BCUT2D eigenvalue weighted by Gasteiger charge is -1.97. The van der Waals surface area contributed by atoms with E-state index in [1.54, 1.807) is 11.8 Å². The van der Waals surface area contributed by atoms with Crippen LogP contribution in [0, 0.1) is 0 Å². The third-order valence-corrected chi connectivity index (χ3v) is 4.37. The van der Waals surface area contributed by atoms with Crippen LogP contribution in [0.1, 0.15) is 63.9 Å². The molecule has 0 aliphatic heterocycles. The van der Waals surface area contributed by atoms with Crippen LogP contribution in [0.3, 0.4) is 0 Å². The molecular weight excluding hydrogens is 280 g/mol. The van der Waals surface area contributed by atoms with Crippen molar-refractivity contribution >= 4 is 11.8 Å². The molecule has 3 heteroatoms. The fraction of sp³-hybridized carbons (Fsp3) is 0.556. The Morgan fingerprint density at radius 3 is 1.62 bits per heavy atom. The molecule has 0 spiro atoms. The van der Waals surface area contributed by atoms with Gasteiger partial charge in [-0.05, 0) is 48.9 Å². The fourth-order valence-electron chi connectivity index (χ4n) is 2.29. The maximum absolute atomic E-state index is 5.84. The minimum absolute atomic E-state index is 0.927. The molecule has 0 unspecified atom stereocenters. The van der Waals surface area contributed by atoms with Crippen LogP contribution < -0.4 is 0 Å². The molecule has 116 valence electrons. The fourth-order valence-corrected chi connectivity index (χ4v) is 3.06. The second-order valence-corrected chi connectivity index (χ2v) is 6.47. The van der Waals surface area contributed by atoms with E-state index in [0.29, 0.717) is 0 Å². The summed E-state index contributed by atoms with van der Waals surface area (Å²) in [6.45, 7) is 4.44. The summed E-state index contributed by atoms with van der Waals surface area (Å²) in [5, 5.41) is 1.85. The number of aryl methyl sites for hydroxylation is 2. The highest BCUT2D eigenvalue weighted by Gasteiger charge is 2.08. The lowest BCUT2D eigenvalue weighted by Crippen LogP contribution is -1.81. The van der Waals surface area contributed by atoms with Gasteiger partial charge in [-0.2, -0.15) is 0 Å². The van der Waals surface area contributed by atoms with Crippen LogP contribution in [0.5, 0.6) is 0 Å². The van der Waals surface area contributed by atoms with Gasteiger partial charge in [-0.1, -0.05) is 39.5 Å². The van der Waals surface area contributed by atoms with Gasteiger partial charge in [-0.15, -0.1) is 0 Å². The second kappa shape index (κ2) is 9.04. The Hall–Kier alpha value is -1.09. The molecular formula is C18H26O2S. The van der Waals surface area contributed by atoms with Gasteiger partial charge in [0.25, 0.3) is 0 Å². The lowest BCUT2D eigenvalue weighted by atomic mass is 10.2. The van der Waals surface area contributed by atoms with Crippen molar-refractivity contribution in [3.63, 3.8) is 0 Å². The van der Waals surface area contributed by atoms with Crippen LogP contribution in [0.15, 0.2) is 43.3 Å². The third kappa shape index (κ3) is 5.66. The van der Waals surface area contributed by atoms with Gasteiger partial charge in [-0.25, -0.2) is 0 Å². The second-order valence-electron chi connectivity index (χ2n) is 5.46. The van der Waals surface area contributed by atoms with Crippen LogP contribution in [0.25, 0.3) is 0 Å². The molecule has 0 aromatic carbocycles. The van der Waals surface area contributed by atoms with Crippen LogP contribution in [0.2, 0.25) is 0 Å².